The summed E-state index contributed by atoms with van der Waals surface area (Å²) in [5.41, 5.74) is 0.892. The Bertz CT molecular complexity index is 914. The summed E-state index contributed by atoms with van der Waals surface area (Å²) in [7, 11) is 0. The van der Waals surface area contributed by atoms with Gasteiger partial charge in [-0.1, -0.05) is 29.8 Å². The summed E-state index contributed by atoms with van der Waals surface area (Å²) in [5, 5.41) is 12.4. The van der Waals surface area contributed by atoms with Crippen molar-refractivity contribution in [2.45, 2.75) is 0 Å². The molecule has 0 unspecified atom stereocenters. The molecule has 0 saturated carbocycles. The lowest BCUT2D eigenvalue weighted by Crippen LogP contribution is -2.15. The predicted octanol–water partition coefficient (Wildman–Crippen LogP) is 2.58. The lowest BCUT2D eigenvalue weighted by Gasteiger charge is -2.03. The van der Waals surface area contributed by atoms with E-state index in [1.165, 1.54) is 29.1 Å². The van der Waals surface area contributed by atoms with E-state index < -0.39 is 5.97 Å². The highest BCUT2D eigenvalue weighted by molar-refractivity contribution is 6.33. The average Bonchev–Trinajstić information content (AvgIpc) is 2.89. The second-order valence-electron chi connectivity index (χ2n) is 4.53. The van der Waals surface area contributed by atoms with Gasteiger partial charge in [-0.15, -0.1) is 0 Å². The molecular formula is C15H10ClN3O3. The number of carboxylic acid groups (broad SMARTS) is 1. The molecule has 1 aromatic carbocycles. The van der Waals surface area contributed by atoms with Crippen molar-refractivity contribution < 1.29 is 9.90 Å². The number of halogens is 1. The van der Waals surface area contributed by atoms with Crippen LogP contribution in [0.15, 0.2) is 53.5 Å². The van der Waals surface area contributed by atoms with E-state index in [0.29, 0.717) is 16.3 Å². The van der Waals surface area contributed by atoms with Crippen LogP contribution in [0.1, 0.15) is 10.4 Å². The minimum absolute atomic E-state index is 0.0470. The number of aromatic carboxylic acids is 1. The van der Waals surface area contributed by atoms with Crippen molar-refractivity contribution in [2.24, 2.45) is 0 Å². The SMILES string of the molecule is O=C(O)c1ccnc(-n2[nH]c(-c3ccccc3Cl)cc2=O)c1. The highest BCUT2D eigenvalue weighted by Gasteiger charge is 2.12. The number of nitrogens with one attached hydrogen (secondary N) is 1. The topological polar surface area (TPSA) is 88.0 Å². The lowest BCUT2D eigenvalue weighted by atomic mass is 10.1. The first kappa shape index (κ1) is 14.1. The summed E-state index contributed by atoms with van der Waals surface area (Å²) in [6, 6.07) is 11.1. The Hall–Kier alpha value is -2.86. The van der Waals surface area contributed by atoms with Crippen LogP contribution in [-0.4, -0.2) is 25.8 Å². The molecule has 3 rings (SSSR count). The molecule has 2 heterocycles. The standard InChI is InChI=1S/C15H10ClN3O3/c16-11-4-2-1-3-10(11)12-8-14(20)19(18-12)13-7-9(15(21)22)5-6-17-13/h1-8,18H,(H,21,22). The maximum atomic E-state index is 12.1. The number of carboxylic acids is 1. The van der Waals surface area contributed by atoms with E-state index >= 15 is 0 Å². The maximum Gasteiger partial charge on any atom is 0.335 e. The van der Waals surface area contributed by atoms with E-state index in [0.717, 1.165) is 0 Å². The van der Waals surface area contributed by atoms with Crippen LogP contribution in [0, 0.1) is 0 Å². The first-order valence-electron chi connectivity index (χ1n) is 6.33. The molecule has 0 fully saturated rings. The number of aromatic amines is 1. The highest BCUT2D eigenvalue weighted by Crippen LogP contribution is 2.25. The van der Waals surface area contributed by atoms with Crippen molar-refractivity contribution >= 4 is 17.6 Å². The number of pyridine rings is 1. The van der Waals surface area contributed by atoms with E-state index in [1.54, 1.807) is 24.3 Å². The molecule has 0 bridgehead atoms. The van der Waals surface area contributed by atoms with Crippen molar-refractivity contribution in [3.05, 3.63) is 69.6 Å². The molecule has 2 aromatic heterocycles. The molecule has 0 aliphatic heterocycles. The first-order chi connectivity index (χ1) is 10.6. The molecule has 0 aliphatic carbocycles. The zero-order valence-electron chi connectivity index (χ0n) is 11.2. The van der Waals surface area contributed by atoms with Crippen molar-refractivity contribution in [1.29, 1.82) is 0 Å². The van der Waals surface area contributed by atoms with Crippen molar-refractivity contribution in [2.75, 3.05) is 0 Å². The van der Waals surface area contributed by atoms with Crippen LogP contribution < -0.4 is 5.56 Å². The summed E-state index contributed by atoms with van der Waals surface area (Å²) >= 11 is 6.11. The van der Waals surface area contributed by atoms with E-state index in [1.807, 2.05) is 0 Å². The number of rotatable bonds is 3. The molecule has 7 heteroatoms. The fourth-order valence-electron chi connectivity index (χ4n) is 2.06. The third-order valence-corrected chi connectivity index (χ3v) is 3.44. The van der Waals surface area contributed by atoms with Gasteiger partial charge in [0.25, 0.3) is 5.56 Å². The highest BCUT2D eigenvalue weighted by atomic mass is 35.5. The minimum Gasteiger partial charge on any atom is -0.478 e. The summed E-state index contributed by atoms with van der Waals surface area (Å²) in [4.78, 5) is 27.1. The van der Waals surface area contributed by atoms with Crippen LogP contribution in [0.25, 0.3) is 17.1 Å². The van der Waals surface area contributed by atoms with Gasteiger partial charge in [-0.2, -0.15) is 0 Å². The molecule has 0 saturated heterocycles. The van der Waals surface area contributed by atoms with Crippen LogP contribution in [0.5, 0.6) is 0 Å². The molecule has 110 valence electrons. The normalized spacial score (nSPS) is 10.6. The second kappa shape index (κ2) is 5.50. The van der Waals surface area contributed by atoms with Gasteiger partial charge in [-0.25, -0.2) is 14.5 Å². The van der Waals surface area contributed by atoms with Crippen LogP contribution in [0.2, 0.25) is 5.02 Å². The van der Waals surface area contributed by atoms with Crippen molar-refractivity contribution in [3.8, 4) is 17.1 Å². The number of benzene rings is 1. The molecule has 0 spiro atoms. The number of H-pyrrole nitrogens is 1. The number of carbonyl (C=O) groups is 1. The maximum absolute atomic E-state index is 12.1. The van der Waals surface area contributed by atoms with Crippen molar-refractivity contribution in [1.82, 2.24) is 14.8 Å². The molecule has 2 N–H and O–H groups in total. The van der Waals surface area contributed by atoms with Gasteiger partial charge in [0, 0.05) is 22.8 Å². The molecule has 6 nitrogen and oxygen atoms in total. The zero-order valence-corrected chi connectivity index (χ0v) is 11.9. The van der Waals surface area contributed by atoms with Crippen LogP contribution in [0.4, 0.5) is 0 Å². The molecular weight excluding hydrogens is 306 g/mol. The average molecular weight is 316 g/mol. The number of hydrogen-bond acceptors (Lipinski definition) is 3. The van der Waals surface area contributed by atoms with Gasteiger partial charge in [0.05, 0.1) is 11.3 Å². The fourth-order valence-corrected chi connectivity index (χ4v) is 2.29. The lowest BCUT2D eigenvalue weighted by molar-refractivity contribution is 0.0696. The third kappa shape index (κ3) is 2.51. The summed E-state index contributed by atoms with van der Waals surface area (Å²) in [6.07, 6.45) is 1.33. The van der Waals surface area contributed by atoms with Gasteiger partial charge in [0.2, 0.25) is 0 Å². The molecule has 3 aromatic rings. The third-order valence-electron chi connectivity index (χ3n) is 3.11. The van der Waals surface area contributed by atoms with Crippen LogP contribution >= 0.6 is 11.6 Å². The zero-order chi connectivity index (χ0) is 15.7. The second-order valence-corrected chi connectivity index (χ2v) is 4.94. The molecule has 0 amide bonds. The summed E-state index contributed by atoms with van der Waals surface area (Å²) < 4.78 is 1.17. The Morgan fingerprint density at radius 2 is 2.00 bits per heavy atom. The first-order valence-corrected chi connectivity index (χ1v) is 6.71. The predicted molar refractivity (Wildman–Crippen MR) is 81.6 cm³/mol. The van der Waals surface area contributed by atoms with Crippen molar-refractivity contribution in [3.63, 3.8) is 0 Å². The van der Waals surface area contributed by atoms with Gasteiger partial charge < -0.3 is 5.11 Å². The van der Waals surface area contributed by atoms with Gasteiger partial charge in [-0.3, -0.25) is 9.89 Å². The summed E-state index contributed by atoms with van der Waals surface area (Å²) in [5.74, 6) is -0.891. The van der Waals surface area contributed by atoms with Gasteiger partial charge >= 0.3 is 5.97 Å². The molecule has 0 aliphatic rings. The van der Waals surface area contributed by atoms with Crippen LogP contribution in [-0.2, 0) is 0 Å². The monoisotopic (exact) mass is 315 g/mol. The Morgan fingerprint density at radius 3 is 2.73 bits per heavy atom. The smallest absolute Gasteiger partial charge is 0.335 e. The quantitative estimate of drug-likeness (QED) is 0.777. The van der Waals surface area contributed by atoms with Gasteiger partial charge in [-0.05, 0) is 18.2 Å². The van der Waals surface area contributed by atoms with Gasteiger partial charge in [0.1, 0.15) is 0 Å². The van der Waals surface area contributed by atoms with Crippen LogP contribution in [0.3, 0.4) is 0 Å². The largest absolute Gasteiger partial charge is 0.478 e. The van der Waals surface area contributed by atoms with Gasteiger partial charge in [0.15, 0.2) is 5.82 Å². The van der Waals surface area contributed by atoms with E-state index in [-0.39, 0.29) is 16.9 Å². The number of hydrogen-bond donors (Lipinski definition) is 2. The molecule has 0 atom stereocenters. The van der Waals surface area contributed by atoms with E-state index in [9.17, 15) is 9.59 Å². The van der Waals surface area contributed by atoms with E-state index in [2.05, 4.69) is 10.1 Å². The Labute approximate surface area is 129 Å². The molecule has 0 radical (unpaired) electrons. The Balaban J connectivity index is 2.11. The Kier molecular flexibility index (Phi) is 3.52. The van der Waals surface area contributed by atoms with E-state index in [4.69, 9.17) is 16.7 Å². The fraction of sp³-hybridized carbons (Fsp3) is 0. The number of nitrogens with zero attached hydrogens (tertiary/aromatic N) is 2. The Morgan fingerprint density at radius 1 is 1.23 bits per heavy atom. The summed E-state index contributed by atoms with van der Waals surface area (Å²) in [6.45, 7) is 0. The number of aromatic nitrogens is 3. The molecule has 22 heavy (non-hydrogen) atoms. The minimum atomic E-state index is -1.09.